The Morgan fingerprint density at radius 1 is 1.40 bits per heavy atom. The number of hydrogen-bond acceptors (Lipinski definition) is 2. The summed E-state index contributed by atoms with van der Waals surface area (Å²) in [4.78, 5) is 10.6. The van der Waals surface area contributed by atoms with Gasteiger partial charge in [0.1, 0.15) is 5.82 Å². The Balaban J connectivity index is 2.38. The van der Waals surface area contributed by atoms with Gasteiger partial charge in [-0.2, -0.15) is 0 Å². The monoisotopic (exact) mass is 210 g/mol. The number of aryl methyl sites for hydroxylation is 1. The molecule has 82 valence electrons. The van der Waals surface area contributed by atoms with E-state index in [2.05, 4.69) is 10.6 Å². The van der Waals surface area contributed by atoms with Gasteiger partial charge in [-0.1, -0.05) is 0 Å². The van der Waals surface area contributed by atoms with E-state index in [0.29, 0.717) is 18.7 Å². The molecule has 0 aliphatic rings. The molecule has 0 heterocycles. The summed E-state index contributed by atoms with van der Waals surface area (Å²) in [5.41, 5.74) is 1.47. The Kier molecular flexibility index (Phi) is 4.09. The van der Waals surface area contributed by atoms with Crippen LogP contribution in [-0.2, 0) is 4.79 Å². The first-order chi connectivity index (χ1) is 7.09. The number of carbonyl (C=O) groups is 1. The zero-order chi connectivity index (χ0) is 11.3. The molecule has 2 N–H and O–H groups in total. The van der Waals surface area contributed by atoms with Crippen molar-refractivity contribution in [2.24, 2.45) is 0 Å². The minimum absolute atomic E-state index is 0.0490. The molecule has 0 aliphatic carbocycles. The molecule has 0 atom stereocenters. The number of hydrogen-bond donors (Lipinski definition) is 2. The summed E-state index contributed by atoms with van der Waals surface area (Å²) in [5.74, 6) is -0.255. The molecular formula is C11H15FN2O. The van der Waals surface area contributed by atoms with E-state index >= 15 is 0 Å². The topological polar surface area (TPSA) is 41.1 Å². The van der Waals surface area contributed by atoms with E-state index in [0.717, 1.165) is 5.69 Å². The van der Waals surface area contributed by atoms with Crippen LogP contribution in [0.5, 0.6) is 0 Å². The number of benzene rings is 1. The molecule has 1 aromatic carbocycles. The Bertz CT molecular complexity index is 352. The van der Waals surface area contributed by atoms with Gasteiger partial charge in [0, 0.05) is 25.7 Å². The lowest BCUT2D eigenvalue weighted by Crippen LogP contribution is -2.26. The molecule has 0 unspecified atom stereocenters. The zero-order valence-corrected chi connectivity index (χ0v) is 8.93. The largest absolute Gasteiger partial charge is 0.383 e. The first-order valence-electron chi connectivity index (χ1n) is 4.84. The summed E-state index contributed by atoms with van der Waals surface area (Å²) in [6.45, 7) is 4.38. The van der Waals surface area contributed by atoms with Crippen molar-refractivity contribution in [1.82, 2.24) is 5.32 Å². The van der Waals surface area contributed by atoms with E-state index in [-0.39, 0.29) is 11.7 Å². The van der Waals surface area contributed by atoms with E-state index in [1.54, 1.807) is 19.1 Å². The summed E-state index contributed by atoms with van der Waals surface area (Å²) >= 11 is 0. The summed E-state index contributed by atoms with van der Waals surface area (Å²) < 4.78 is 12.9. The van der Waals surface area contributed by atoms with Gasteiger partial charge in [-0.05, 0) is 30.7 Å². The number of rotatable bonds is 4. The third kappa shape index (κ3) is 3.97. The molecule has 0 saturated carbocycles. The number of halogens is 1. The Labute approximate surface area is 88.7 Å². The van der Waals surface area contributed by atoms with Crippen LogP contribution in [0.25, 0.3) is 0 Å². The van der Waals surface area contributed by atoms with Gasteiger partial charge in [-0.3, -0.25) is 4.79 Å². The molecule has 1 rings (SSSR count). The van der Waals surface area contributed by atoms with Crippen molar-refractivity contribution in [3.63, 3.8) is 0 Å². The van der Waals surface area contributed by atoms with Crippen LogP contribution < -0.4 is 10.6 Å². The van der Waals surface area contributed by atoms with Gasteiger partial charge < -0.3 is 10.6 Å². The second-order valence-electron chi connectivity index (χ2n) is 3.37. The van der Waals surface area contributed by atoms with Crippen LogP contribution >= 0.6 is 0 Å². The second kappa shape index (κ2) is 5.34. The van der Waals surface area contributed by atoms with Crippen LogP contribution in [0.15, 0.2) is 18.2 Å². The van der Waals surface area contributed by atoms with Gasteiger partial charge in [0.25, 0.3) is 0 Å². The Morgan fingerprint density at radius 2 is 2.13 bits per heavy atom. The molecule has 0 fully saturated rings. The van der Waals surface area contributed by atoms with Crippen molar-refractivity contribution < 1.29 is 9.18 Å². The van der Waals surface area contributed by atoms with Gasteiger partial charge in [0.2, 0.25) is 5.91 Å². The fraction of sp³-hybridized carbons (Fsp3) is 0.364. The first kappa shape index (κ1) is 11.5. The first-order valence-corrected chi connectivity index (χ1v) is 4.84. The van der Waals surface area contributed by atoms with Crippen LogP contribution in [0.4, 0.5) is 10.1 Å². The van der Waals surface area contributed by atoms with Gasteiger partial charge in [0.15, 0.2) is 0 Å². The van der Waals surface area contributed by atoms with Crippen molar-refractivity contribution in [1.29, 1.82) is 0 Å². The Hall–Kier alpha value is -1.58. The molecule has 1 aromatic rings. The molecule has 0 bridgehead atoms. The normalized spacial score (nSPS) is 9.80. The predicted octanol–water partition coefficient (Wildman–Crippen LogP) is 1.68. The highest BCUT2D eigenvalue weighted by Crippen LogP contribution is 2.12. The third-order valence-corrected chi connectivity index (χ3v) is 1.99. The molecule has 4 heteroatoms. The fourth-order valence-electron chi connectivity index (χ4n) is 1.20. The van der Waals surface area contributed by atoms with E-state index in [4.69, 9.17) is 0 Å². The molecule has 1 amide bonds. The van der Waals surface area contributed by atoms with E-state index in [9.17, 15) is 9.18 Å². The summed E-state index contributed by atoms with van der Waals surface area (Å²) in [5, 5.41) is 5.75. The molecule has 3 nitrogen and oxygen atoms in total. The number of nitrogens with one attached hydrogen (secondary N) is 2. The van der Waals surface area contributed by atoms with Crippen molar-refractivity contribution in [2.45, 2.75) is 13.8 Å². The molecule has 0 aromatic heterocycles. The lowest BCUT2D eigenvalue weighted by Gasteiger charge is -2.07. The van der Waals surface area contributed by atoms with E-state index < -0.39 is 0 Å². The quantitative estimate of drug-likeness (QED) is 0.742. The maximum atomic E-state index is 12.9. The van der Waals surface area contributed by atoms with Gasteiger partial charge in [-0.15, -0.1) is 0 Å². The van der Waals surface area contributed by atoms with Crippen LogP contribution in [0.1, 0.15) is 12.5 Å². The summed E-state index contributed by atoms with van der Waals surface area (Å²) in [6, 6.07) is 4.84. The number of amides is 1. The lowest BCUT2D eigenvalue weighted by molar-refractivity contribution is -0.118. The van der Waals surface area contributed by atoms with Crippen molar-refractivity contribution in [3.8, 4) is 0 Å². The molecule has 0 spiro atoms. The van der Waals surface area contributed by atoms with Crippen molar-refractivity contribution in [3.05, 3.63) is 29.6 Å². The SMILES string of the molecule is CC(=O)NCCNc1ccc(F)c(C)c1. The van der Waals surface area contributed by atoms with Crippen LogP contribution in [0, 0.1) is 12.7 Å². The molecule has 0 aliphatic heterocycles. The van der Waals surface area contributed by atoms with Crippen LogP contribution in [0.2, 0.25) is 0 Å². The predicted molar refractivity (Wildman–Crippen MR) is 58.3 cm³/mol. The van der Waals surface area contributed by atoms with Gasteiger partial charge in [-0.25, -0.2) is 4.39 Å². The Morgan fingerprint density at radius 3 is 2.73 bits per heavy atom. The highest BCUT2D eigenvalue weighted by Gasteiger charge is 1.98. The number of carbonyl (C=O) groups excluding carboxylic acids is 1. The fourth-order valence-corrected chi connectivity index (χ4v) is 1.20. The maximum absolute atomic E-state index is 12.9. The molecule has 0 saturated heterocycles. The van der Waals surface area contributed by atoms with Crippen LogP contribution in [-0.4, -0.2) is 19.0 Å². The molecule has 15 heavy (non-hydrogen) atoms. The average molecular weight is 210 g/mol. The maximum Gasteiger partial charge on any atom is 0.216 e. The molecular weight excluding hydrogens is 195 g/mol. The molecule has 0 radical (unpaired) electrons. The van der Waals surface area contributed by atoms with Gasteiger partial charge in [0.05, 0.1) is 0 Å². The number of anilines is 1. The minimum atomic E-state index is -0.206. The highest BCUT2D eigenvalue weighted by molar-refractivity contribution is 5.72. The minimum Gasteiger partial charge on any atom is -0.383 e. The van der Waals surface area contributed by atoms with Crippen LogP contribution in [0.3, 0.4) is 0 Å². The van der Waals surface area contributed by atoms with E-state index in [1.165, 1.54) is 13.0 Å². The lowest BCUT2D eigenvalue weighted by atomic mass is 10.2. The van der Waals surface area contributed by atoms with Gasteiger partial charge >= 0.3 is 0 Å². The third-order valence-electron chi connectivity index (χ3n) is 1.99. The van der Waals surface area contributed by atoms with E-state index in [1.807, 2.05) is 0 Å². The smallest absolute Gasteiger partial charge is 0.216 e. The summed E-state index contributed by atoms with van der Waals surface area (Å²) in [7, 11) is 0. The standard InChI is InChI=1S/C11H15FN2O/c1-8-7-10(3-4-11(8)12)14-6-5-13-9(2)15/h3-4,7,14H,5-6H2,1-2H3,(H,13,15). The second-order valence-corrected chi connectivity index (χ2v) is 3.37. The van der Waals surface area contributed by atoms with Crippen molar-refractivity contribution in [2.75, 3.05) is 18.4 Å². The summed E-state index contributed by atoms with van der Waals surface area (Å²) in [6.07, 6.45) is 0. The van der Waals surface area contributed by atoms with Crippen molar-refractivity contribution >= 4 is 11.6 Å². The zero-order valence-electron chi connectivity index (χ0n) is 8.93. The highest BCUT2D eigenvalue weighted by atomic mass is 19.1. The average Bonchev–Trinajstić information content (AvgIpc) is 2.18.